The third kappa shape index (κ3) is 4.95. The Bertz CT molecular complexity index is 677. The minimum Gasteiger partial charge on any atom is -0.466 e. The number of rotatable bonds is 6. The van der Waals surface area contributed by atoms with E-state index in [9.17, 15) is 9.59 Å². The second kappa shape index (κ2) is 8.13. The molecule has 0 unspecified atom stereocenters. The van der Waals surface area contributed by atoms with Gasteiger partial charge in [-0.1, -0.05) is 31.2 Å². The molecule has 0 heterocycles. The first-order chi connectivity index (χ1) is 11.1. The van der Waals surface area contributed by atoms with Gasteiger partial charge >= 0.3 is 5.97 Å². The van der Waals surface area contributed by atoms with Crippen molar-refractivity contribution in [3.8, 4) is 0 Å². The smallest absolute Gasteiger partial charge is 0.310 e. The maximum atomic E-state index is 12.2. The van der Waals surface area contributed by atoms with Crippen LogP contribution in [0.15, 0.2) is 48.5 Å². The maximum Gasteiger partial charge on any atom is 0.310 e. The molecular weight excluding hydrogens is 290 g/mol. The van der Waals surface area contributed by atoms with Crippen LogP contribution in [-0.4, -0.2) is 18.5 Å². The van der Waals surface area contributed by atoms with Crippen LogP contribution in [0.3, 0.4) is 0 Å². The Kier molecular flexibility index (Phi) is 5.92. The number of hydrogen-bond donors (Lipinski definition) is 1. The van der Waals surface area contributed by atoms with Gasteiger partial charge in [0.25, 0.3) is 5.91 Å². The average molecular weight is 311 g/mol. The lowest BCUT2D eigenvalue weighted by Crippen LogP contribution is -2.12. The van der Waals surface area contributed by atoms with E-state index in [2.05, 4.69) is 12.2 Å². The van der Waals surface area contributed by atoms with E-state index in [1.165, 1.54) is 0 Å². The largest absolute Gasteiger partial charge is 0.466 e. The number of aryl methyl sites for hydroxylation is 1. The first-order valence-electron chi connectivity index (χ1n) is 7.77. The summed E-state index contributed by atoms with van der Waals surface area (Å²) >= 11 is 0. The van der Waals surface area contributed by atoms with Crippen LogP contribution in [-0.2, 0) is 22.4 Å². The van der Waals surface area contributed by atoms with Gasteiger partial charge < -0.3 is 10.1 Å². The monoisotopic (exact) mass is 311 g/mol. The first-order valence-corrected chi connectivity index (χ1v) is 7.77. The summed E-state index contributed by atoms with van der Waals surface area (Å²) in [7, 11) is 0. The van der Waals surface area contributed by atoms with Gasteiger partial charge in [-0.3, -0.25) is 9.59 Å². The Labute approximate surface area is 136 Å². The number of hydrogen-bond acceptors (Lipinski definition) is 3. The van der Waals surface area contributed by atoms with E-state index in [0.717, 1.165) is 17.5 Å². The number of benzene rings is 2. The molecule has 0 atom stereocenters. The summed E-state index contributed by atoms with van der Waals surface area (Å²) in [6, 6.07) is 14.8. The highest BCUT2D eigenvalue weighted by atomic mass is 16.5. The first kappa shape index (κ1) is 16.7. The fourth-order valence-corrected chi connectivity index (χ4v) is 2.22. The molecule has 0 aliphatic heterocycles. The molecule has 0 saturated carbocycles. The van der Waals surface area contributed by atoms with Crippen molar-refractivity contribution in [1.82, 2.24) is 0 Å². The van der Waals surface area contributed by atoms with Crippen LogP contribution in [0.25, 0.3) is 0 Å². The van der Waals surface area contributed by atoms with Crippen molar-refractivity contribution in [2.24, 2.45) is 0 Å². The van der Waals surface area contributed by atoms with E-state index < -0.39 is 0 Å². The molecule has 0 aliphatic rings. The van der Waals surface area contributed by atoms with Gasteiger partial charge in [0.2, 0.25) is 0 Å². The number of esters is 1. The zero-order valence-electron chi connectivity index (χ0n) is 13.5. The van der Waals surface area contributed by atoms with E-state index in [1.807, 2.05) is 30.3 Å². The number of carbonyl (C=O) groups excluding carboxylic acids is 2. The fourth-order valence-electron chi connectivity index (χ4n) is 2.22. The van der Waals surface area contributed by atoms with Crippen molar-refractivity contribution in [3.63, 3.8) is 0 Å². The summed E-state index contributed by atoms with van der Waals surface area (Å²) < 4.78 is 4.91. The Balaban J connectivity index is 2.00. The molecule has 1 N–H and O–H groups in total. The summed E-state index contributed by atoms with van der Waals surface area (Å²) in [6.07, 6.45) is 1.13. The van der Waals surface area contributed by atoms with Crippen LogP contribution >= 0.6 is 0 Å². The van der Waals surface area contributed by atoms with Gasteiger partial charge in [0.1, 0.15) is 0 Å². The molecule has 0 fully saturated rings. The molecule has 2 aromatic carbocycles. The van der Waals surface area contributed by atoms with Gasteiger partial charge in [-0.25, -0.2) is 0 Å². The molecule has 1 amide bonds. The lowest BCUT2D eigenvalue weighted by atomic mass is 10.1. The van der Waals surface area contributed by atoms with Crippen LogP contribution in [0, 0.1) is 0 Å². The van der Waals surface area contributed by atoms with Crippen molar-refractivity contribution in [3.05, 3.63) is 65.2 Å². The molecule has 0 saturated heterocycles. The van der Waals surface area contributed by atoms with Gasteiger partial charge in [-0.15, -0.1) is 0 Å². The summed E-state index contributed by atoms with van der Waals surface area (Å²) in [6.45, 7) is 4.22. The molecule has 120 valence electrons. The zero-order valence-corrected chi connectivity index (χ0v) is 13.5. The molecular formula is C19H21NO3. The molecule has 0 bridgehead atoms. The molecule has 23 heavy (non-hydrogen) atoms. The predicted octanol–water partition coefficient (Wildman–Crippen LogP) is 3.61. The Morgan fingerprint density at radius 1 is 1.00 bits per heavy atom. The summed E-state index contributed by atoms with van der Waals surface area (Å²) in [5.41, 5.74) is 3.32. The maximum absolute atomic E-state index is 12.2. The van der Waals surface area contributed by atoms with E-state index in [0.29, 0.717) is 17.9 Å². The summed E-state index contributed by atoms with van der Waals surface area (Å²) in [4.78, 5) is 23.7. The number of amides is 1. The second-order valence-electron chi connectivity index (χ2n) is 5.19. The molecule has 4 nitrogen and oxygen atoms in total. The van der Waals surface area contributed by atoms with Crippen molar-refractivity contribution in [1.29, 1.82) is 0 Å². The lowest BCUT2D eigenvalue weighted by Gasteiger charge is -2.08. The molecule has 2 aromatic rings. The molecule has 0 aliphatic carbocycles. The van der Waals surface area contributed by atoms with E-state index >= 15 is 0 Å². The van der Waals surface area contributed by atoms with Crippen LogP contribution in [0.5, 0.6) is 0 Å². The number of nitrogens with one attached hydrogen (secondary N) is 1. The molecule has 4 heteroatoms. The Hall–Kier alpha value is -2.62. The summed E-state index contributed by atoms with van der Waals surface area (Å²) in [5.74, 6) is -0.390. The van der Waals surface area contributed by atoms with Gasteiger partial charge in [-0.2, -0.15) is 0 Å². The standard InChI is InChI=1S/C19H21NO3/c1-3-14-6-5-7-16(12-14)19(22)20-17-10-8-15(9-11-17)13-18(21)23-4-2/h5-12H,3-4,13H2,1-2H3,(H,20,22). The molecule has 0 aromatic heterocycles. The van der Waals surface area contributed by atoms with Crippen LogP contribution < -0.4 is 5.32 Å². The Morgan fingerprint density at radius 3 is 2.39 bits per heavy atom. The fraction of sp³-hybridized carbons (Fsp3) is 0.263. The van der Waals surface area contributed by atoms with E-state index in [4.69, 9.17) is 4.74 Å². The van der Waals surface area contributed by atoms with Crippen LogP contribution in [0.4, 0.5) is 5.69 Å². The predicted molar refractivity (Wildman–Crippen MR) is 90.6 cm³/mol. The van der Waals surface area contributed by atoms with Crippen LogP contribution in [0.1, 0.15) is 35.3 Å². The Morgan fingerprint density at radius 2 is 1.74 bits per heavy atom. The van der Waals surface area contributed by atoms with Gasteiger partial charge in [0.05, 0.1) is 13.0 Å². The van der Waals surface area contributed by atoms with E-state index in [-0.39, 0.29) is 18.3 Å². The van der Waals surface area contributed by atoms with Gasteiger partial charge in [0, 0.05) is 11.3 Å². The quantitative estimate of drug-likeness (QED) is 0.829. The van der Waals surface area contributed by atoms with Crippen molar-refractivity contribution in [2.45, 2.75) is 26.7 Å². The number of carbonyl (C=O) groups is 2. The van der Waals surface area contributed by atoms with Gasteiger partial charge in [-0.05, 0) is 48.7 Å². The lowest BCUT2D eigenvalue weighted by molar-refractivity contribution is -0.142. The highest BCUT2D eigenvalue weighted by Gasteiger charge is 2.08. The highest BCUT2D eigenvalue weighted by Crippen LogP contribution is 2.13. The minimum absolute atomic E-state index is 0.140. The second-order valence-corrected chi connectivity index (χ2v) is 5.19. The van der Waals surface area contributed by atoms with Gasteiger partial charge in [0.15, 0.2) is 0 Å². The highest BCUT2D eigenvalue weighted by molar-refractivity contribution is 6.04. The average Bonchev–Trinajstić information content (AvgIpc) is 2.57. The minimum atomic E-state index is -0.249. The number of anilines is 1. The van der Waals surface area contributed by atoms with Crippen molar-refractivity contribution >= 4 is 17.6 Å². The third-order valence-electron chi connectivity index (χ3n) is 3.46. The summed E-state index contributed by atoms with van der Waals surface area (Å²) in [5, 5.41) is 2.86. The molecule has 0 spiro atoms. The normalized spacial score (nSPS) is 10.2. The van der Waals surface area contributed by atoms with E-state index in [1.54, 1.807) is 25.1 Å². The molecule has 2 rings (SSSR count). The topological polar surface area (TPSA) is 55.4 Å². The van der Waals surface area contributed by atoms with Crippen molar-refractivity contribution < 1.29 is 14.3 Å². The SMILES string of the molecule is CCOC(=O)Cc1ccc(NC(=O)c2cccc(CC)c2)cc1. The number of ether oxygens (including phenoxy) is 1. The van der Waals surface area contributed by atoms with Crippen molar-refractivity contribution in [2.75, 3.05) is 11.9 Å². The zero-order chi connectivity index (χ0) is 16.7. The third-order valence-corrected chi connectivity index (χ3v) is 3.46. The molecule has 0 radical (unpaired) electrons. The van der Waals surface area contributed by atoms with Crippen LogP contribution in [0.2, 0.25) is 0 Å².